The highest BCUT2D eigenvalue weighted by atomic mass is 16.3. The average molecular weight is 376 g/mol. The largest absolute Gasteiger partial charge is 0.508 e. The van der Waals surface area contributed by atoms with Gasteiger partial charge in [0, 0.05) is 18.9 Å². The summed E-state index contributed by atoms with van der Waals surface area (Å²) >= 11 is 0. The van der Waals surface area contributed by atoms with E-state index in [1.807, 2.05) is 0 Å². The Hall–Kier alpha value is -3.87. The Balaban J connectivity index is 1.79. The van der Waals surface area contributed by atoms with Crippen molar-refractivity contribution < 1.29 is 24.2 Å². The first-order valence-corrected chi connectivity index (χ1v) is 8.56. The van der Waals surface area contributed by atoms with Crippen molar-refractivity contribution >= 4 is 11.7 Å². The Morgan fingerprint density at radius 2 is 1.79 bits per heavy atom. The number of rotatable bonds is 5. The standard InChI is InChI=1S/C21H16N2O5/c24-15-5-3-14(4-6-15)18-17(19(25)16-2-1-11-28-16)20(26)21(27)23(18)12-13-7-9-22-10-8-13/h1-11,18,24,26H,12H2. The Bertz CT molecular complexity index is 1040. The summed E-state index contributed by atoms with van der Waals surface area (Å²) in [6, 6.07) is 11.9. The van der Waals surface area contributed by atoms with Gasteiger partial charge in [-0.1, -0.05) is 12.1 Å². The van der Waals surface area contributed by atoms with Crippen LogP contribution < -0.4 is 0 Å². The van der Waals surface area contributed by atoms with Gasteiger partial charge in [0.15, 0.2) is 11.5 Å². The van der Waals surface area contributed by atoms with Crippen molar-refractivity contribution in [3.8, 4) is 5.75 Å². The van der Waals surface area contributed by atoms with Gasteiger partial charge in [0.1, 0.15) is 5.75 Å². The Morgan fingerprint density at radius 3 is 2.43 bits per heavy atom. The number of nitrogens with zero attached hydrogens (tertiary/aromatic N) is 2. The smallest absolute Gasteiger partial charge is 0.290 e. The molecule has 0 saturated heterocycles. The topological polar surface area (TPSA) is 104 Å². The Morgan fingerprint density at radius 1 is 1.07 bits per heavy atom. The lowest BCUT2D eigenvalue weighted by Crippen LogP contribution is -2.30. The van der Waals surface area contributed by atoms with Crippen LogP contribution in [0.2, 0.25) is 0 Å². The van der Waals surface area contributed by atoms with Crippen molar-refractivity contribution in [2.45, 2.75) is 12.6 Å². The molecule has 0 radical (unpaired) electrons. The summed E-state index contributed by atoms with van der Waals surface area (Å²) in [6.07, 6.45) is 4.56. The van der Waals surface area contributed by atoms with Gasteiger partial charge < -0.3 is 19.5 Å². The van der Waals surface area contributed by atoms with Crippen LogP contribution in [0, 0.1) is 0 Å². The van der Waals surface area contributed by atoms with Crippen LogP contribution in [-0.2, 0) is 11.3 Å². The number of pyridine rings is 1. The fraction of sp³-hybridized carbons (Fsp3) is 0.0952. The number of phenolic OH excluding ortho intramolecular Hbond substituents is 1. The normalized spacial score (nSPS) is 16.6. The second-order valence-electron chi connectivity index (χ2n) is 6.35. The molecule has 1 aliphatic heterocycles. The number of aromatic nitrogens is 1. The number of hydrogen-bond acceptors (Lipinski definition) is 6. The van der Waals surface area contributed by atoms with Gasteiger partial charge in [-0.25, -0.2) is 0 Å². The lowest BCUT2D eigenvalue weighted by atomic mass is 9.95. The molecule has 7 nitrogen and oxygen atoms in total. The predicted octanol–water partition coefficient (Wildman–Crippen LogP) is 3.16. The number of carbonyl (C=O) groups excluding carboxylic acids is 2. The van der Waals surface area contributed by atoms with Crippen LogP contribution >= 0.6 is 0 Å². The van der Waals surface area contributed by atoms with E-state index in [0.29, 0.717) is 5.56 Å². The van der Waals surface area contributed by atoms with Gasteiger partial charge >= 0.3 is 0 Å². The van der Waals surface area contributed by atoms with Gasteiger partial charge in [0.2, 0.25) is 5.78 Å². The van der Waals surface area contributed by atoms with Crippen LogP contribution in [0.4, 0.5) is 0 Å². The molecule has 0 saturated carbocycles. The zero-order valence-electron chi connectivity index (χ0n) is 14.6. The van der Waals surface area contributed by atoms with Crippen LogP contribution in [0.5, 0.6) is 5.75 Å². The third-order valence-electron chi connectivity index (χ3n) is 4.60. The van der Waals surface area contributed by atoms with E-state index >= 15 is 0 Å². The number of aliphatic hydroxyl groups is 1. The van der Waals surface area contributed by atoms with E-state index in [-0.39, 0.29) is 23.6 Å². The van der Waals surface area contributed by atoms with Crippen molar-refractivity contribution in [3.63, 3.8) is 0 Å². The Kier molecular flexibility index (Phi) is 4.41. The first kappa shape index (κ1) is 17.5. The van der Waals surface area contributed by atoms with Gasteiger partial charge in [-0.05, 0) is 47.5 Å². The number of carbonyl (C=O) groups is 2. The van der Waals surface area contributed by atoms with Crippen LogP contribution in [0.3, 0.4) is 0 Å². The summed E-state index contributed by atoms with van der Waals surface area (Å²) in [7, 11) is 0. The summed E-state index contributed by atoms with van der Waals surface area (Å²) < 4.78 is 5.18. The maximum absolute atomic E-state index is 13.0. The third kappa shape index (κ3) is 3.03. The van der Waals surface area contributed by atoms with Crippen molar-refractivity contribution in [2.75, 3.05) is 0 Å². The number of hydrogen-bond donors (Lipinski definition) is 2. The molecule has 2 N–H and O–H groups in total. The van der Waals surface area contributed by atoms with E-state index in [9.17, 15) is 19.8 Å². The summed E-state index contributed by atoms with van der Waals surface area (Å²) in [5.74, 6) is -1.73. The molecule has 1 unspecified atom stereocenters. The zero-order valence-corrected chi connectivity index (χ0v) is 14.6. The average Bonchev–Trinajstić information content (AvgIpc) is 3.33. The number of Topliss-reactive ketones (excluding diaryl/α,β-unsaturated/α-hetero) is 1. The van der Waals surface area contributed by atoms with Crippen molar-refractivity contribution in [1.82, 2.24) is 9.88 Å². The minimum atomic E-state index is -0.820. The van der Waals surface area contributed by atoms with Crippen LogP contribution in [0.1, 0.15) is 27.7 Å². The van der Waals surface area contributed by atoms with E-state index in [2.05, 4.69) is 4.98 Å². The highest BCUT2D eigenvalue weighted by Crippen LogP contribution is 2.40. The molecule has 1 aliphatic rings. The number of aromatic hydroxyl groups is 1. The van der Waals surface area contributed by atoms with Crippen molar-refractivity contribution in [3.05, 3.63) is 95.4 Å². The third-order valence-corrected chi connectivity index (χ3v) is 4.60. The van der Waals surface area contributed by atoms with E-state index in [4.69, 9.17) is 4.42 Å². The van der Waals surface area contributed by atoms with Gasteiger partial charge in [0.05, 0.1) is 17.9 Å². The number of furan rings is 1. The fourth-order valence-electron chi connectivity index (χ4n) is 3.28. The number of benzene rings is 1. The molecule has 1 amide bonds. The zero-order chi connectivity index (χ0) is 19.7. The van der Waals surface area contributed by atoms with E-state index in [0.717, 1.165) is 5.56 Å². The van der Waals surface area contributed by atoms with Gasteiger partial charge in [-0.15, -0.1) is 0 Å². The van der Waals surface area contributed by atoms with E-state index in [1.54, 1.807) is 42.7 Å². The molecule has 140 valence electrons. The highest BCUT2D eigenvalue weighted by molar-refractivity contribution is 6.14. The summed E-state index contributed by atoms with van der Waals surface area (Å²) in [5.41, 5.74) is 1.32. The number of ketones is 1. The molecular weight excluding hydrogens is 360 g/mol. The first-order valence-electron chi connectivity index (χ1n) is 8.56. The molecule has 1 atom stereocenters. The molecule has 1 aromatic carbocycles. The lowest BCUT2D eigenvalue weighted by Gasteiger charge is -2.26. The molecular formula is C21H16N2O5. The van der Waals surface area contributed by atoms with Gasteiger partial charge in [0.25, 0.3) is 5.91 Å². The predicted molar refractivity (Wildman–Crippen MR) is 98.3 cm³/mol. The molecule has 4 rings (SSSR count). The van der Waals surface area contributed by atoms with Crippen LogP contribution in [0.15, 0.2) is 82.9 Å². The molecule has 3 aromatic rings. The first-order chi connectivity index (χ1) is 13.6. The Labute approximate surface area is 160 Å². The van der Waals surface area contributed by atoms with E-state index in [1.165, 1.54) is 29.4 Å². The molecule has 28 heavy (non-hydrogen) atoms. The molecule has 0 bridgehead atoms. The molecule has 0 spiro atoms. The van der Waals surface area contributed by atoms with Crippen molar-refractivity contribution in [2.24, 2.45) is 0 Å². The fourth-order valence-corrected chi connectivity index (χ4v) is 3.28. The maximum Gasteiger partial charge on any atom is 0.290 e. The van der Waals surface area contributed by atoms with Gasteiger partial charge in [-0.2, -0.15) is 0 Å². The van der Waals surface area contributed by atoms with Crippen LogP contribution in [0.25, 0.3) is 0 Å². The second kappa shape index (κ2) is 7.03. The SMILES string of the molecule is O=C(C1=C(O)C(=O)N(Cc2ccncc2)C1c1ccc(O)cc1)c1ccco1. The minimum absolute atomic E-state index is 0.0314. The number of phenols is 1. The summed E-state index contributed by atoms with van der Waals surface area (Å²) in [6.45, 7) is 0.173. The lowest BCUT2D eigenvalue weighted by molar-refractivity contribution is -0.130. The molecule has 0 fully saturated rings. The quantitative estimate of drug-likeness (QED) is 0.663. The van der Waals surface area contributed by atoms with Gasteiger partial charge in [-0.3, -0.25) is 14.6 Å². The van der Waals surface area contributed by atoms with Crippen molar-refractivity contribution in [1.29, 1.82) is 0 Å². The number of aliphatic hydroxyl groups excluding tert-OH is 1. The molecule has 7 heteroatoms. The monoisotopic (exact) mass is 376 g/mol. The minimum Gasteiger partial charge on any atom is -0.508 e. The van der Waals surface area contributed by atoms with E-state index < -0.39 is 23.5 Å². The summed E-state index contributed by atoms with van der Waals surface area (Å²) in [5, 5.41) is 20.1. The molecule has 0 aliphatic carbocycles. The molecule has 2 aromatic heterocycles. The van der Waals surface area contributed by atoms with Crippen LogP contribution in [-0.4, -0.2) is 31.8 Å². The maximum atomic E-state index is 13.0. The highest BCUT2D eigenvalue weighted by Gasteiger charge is 2.44. The second-order valence-corrected chi connectivity index (χ2v) is 6.35. The molecule has 3 heterocycles. The summed E-state index contributed by atoms with van der Waals surface area (Å²) in [4.78, 5) is 31.1. The number of amides is 1.